The number of halogens is 1. The second kappa shape index (κ2) is 11.1. The van der Waals surface area contributed by atoms with Gasteiger partial charge in [-0.3, -0.25) is 4.79 Å². The van der Waals surface area contributed by atoms with Gasteiger partial charge in [0, 0.05) is 50.7 Å². The standard InChI is InChI=1S/C24H31FN4O4/c1-15-12-26-16(2)14-33-21-11-19(28-24(31)27-18-7-5-6-17(25)10-18)8-9-20(21)23(30)29(3)13-22(15)32-4/h5-11,15-16,22,26H,12-14H2,1-4H3,(H2,27,28,31)/t15-,16+,22-/m0/s1. The van der Waals surface area contributed by atoms with Crippen molar-refractivity contribution < 1.29 is 23.5 Å². The number of nitrogens with one attached hydrogen (secondary N) is 3. The minimum absolute atomic E-state index is 0.0398. The first-order valence-corrected chi connectivity index (χ1v) is 10.9. The van der Waals surface area contributed by atoms with Crippen LogP contribution < -0.4 is 20.7 Å². The van der Waals surface area contributed by atoms with Crippen molar-refractivity contribution >= 4 is 23.3 Å². The molecular weight excluding hydrogens is 427 g/mol. The highest BCUT2D eigenvalue weighted by molar-refractivity contribution is 6.01. The lowest BCUT2D eigenvalue weighted by molar-refractivity contribution is 0.0281. The number of likely N-dealkylation sites (N-methyl/N-ethyl adjacent to an activating group) is 1. The lowest BCUT2D eigenvalue weighted by Crippen LogP contribution is -2.44. The molecule has 178 valence electrons. The Balaban J connectivity index is 1.80. The molecule has 3 N–H and O–H groups in total. The van der Waals surface area contributed by atoms with Gasteiger partial charge in [-0.15, -0.1) is 0 Å². The Labute approximate surface area is 193 Å². The second-order valence-corrected chi connectivity index (χ2v) is 8.36. The number of fused-ring (bicyclic) bond motifs is 1. The summed E-state index contributed by atoms with van der Waals surface area (Å²) in [5.74, 6) is -0.0749. The normalized spacial score (nSPS) is 21.8. The number of carbonyl (C=O) groups excluding carboxylic acids is 2. The Morgan fingerprint density at radius 3 is 2.61 bits per heavy atom. The van der Waals surface area contributed by atoms with Gasteiger partial charge in [-0.1, -0.05) is 13.0 Å². The first kappa shape index (κ1) is 24.5. The summed E-state index contributed by atoms with van der Waals surface area (Å²) in [6.45, 7) is 5.58. The fourth-order valence-corrected chi connectivity index (χ4v) is 3.59. The molecule has 2 aromatic rings. The van der Waals surface area contributed by atoms with Crippen LogP contribution in [0.4, 0.5) is 20.6 Å². The quantitative estimate of drug-likeness (QED) is 0.654. The molecule has 0 radical (unpaired) electrons. The molecule has 9 heteroatoms. The molecule has 3 amide bonds. The molecule has 1 heterocycles. The number of anilines is 2. The zero-order chi connectivity index (χ0) is 24.0. The zero-order valence-electron chi connectivity index (χ0n) is 19.4. The summed E-state index contributed by atoms with van der Waals surface area (Å²) in [7, 11) is 3.38. The minimum atomic E-state index is -0.538. The van der Waals surface area contributed by atoms with Crippen LogP contribution >= 0.6 is 0 Å². The number of rotatable bonds is 3. The topological polar surface area (TPSA) is 91.9 Å². The molecule has 0 saturated heterocycles. The third-order valence-electron chi connectivity index (χ3n) is 5.57. The Bertz CT molecular complexity index is 987. The summed E-state index contributed by atoms with van der Waals surface area (Å²) in [6.07, 6.45) is -0.116. The molecule has 33 heavy (non-hydrogen) atoms. The van der Waals surface area contributed by atoms with Gasteiger partial charge in [-0.25, -0.2) is 9.18 Å². The highest BCUT2D eigenvalue weighted by atomic mass is 19.1. The molecule has 0 saturated carbocycles. The van der Waals surface area contributed by atoms with E-state index in [9.17, 15) is 14.0 Å². The van der Waals surface area contributed by atoms with Crippen molar-refractivity contribution in [1.29, 1.82) is 0 Å². The van der Waals surface area contributed by atoms with E-state index in [0.29, 0.717) is 35.8 Å². The highest BCUT2D eigenvalue weighted by Gasteiger charge is 2.25. The lowest BCUT2D eigenvalue weighted by atomic mass is 10.0. The van der Waals surface area contributed by atoms with E-state index in [-0.39, 0.29) is 24.0 Å². The Morgan fingerprint density at radius 2 is 1.91 bits per heavy atom. The Hall–Kier alpha value is -3.17. The third-order valence-corrected chi connectivity index (χ3v) is 5.57. The minimum Gasteiger partial charge on any atom is -0.491 e. The number of ether oxygens (including phenoxy) is 2. The summed E-state index contributed by atoms with van der Waals surface area (Å²) in [5, 5.41) is 8.70. The van der Waals surface area contributed by atoms with Crippen LogP contribution in [-0.4, -0.2) is 62.8 Å². The fourth-order valence-electron chi connectivity index (χ4n) is 3.59. The van der Waals surface area contributed by atoms with Gasteiger partial charge >= 0.3 is 6.03 Å². The molecule has 3 atom stereocenters. The second-order valence-electron chi connectivity index (χ2n) is 8.36. The Morgan fingerprint density at radius 1 is 1.18 bits per heavy atom. The molecule has 0 spiro atoms. The van der Waals surface area contributed by atoms with Gasteiger partial charge in [0.25, 0.3) is 5.91 Å². The van der Waals surface area contributed by atoms with Crippen LogP contribution in [0.3, 0.4) is 0 Å². The molecule has 0 unspecified atom stereocenters. The van der Waals surface area contributed by atoms with Gasteiger partial charge in [-0.05, 0) is 43.2 Å². The van der Waals surface area contributed by atoms with Gasteiger partial charge in [0.1, 0.15) is 18.2 Å². The van der Waals surface area contributed by atoms with E-state index >= 15 is 0 Å². The van der Waals surface area contributed by atoms with Crippen molar-refractivity contribution in [1.82, 2.24) is 10.2 Å². The van der Waals surface area contributed by atoms with Gasteiger partial charge in [0.05, 0.1) is 11.7 Å². The van der Waals surface area contributed by atoms with Crippen molar-refractivity contribution in [2.24, 2.45) is 5.92 Å². The fraction of sp³-hybridized carbons (Fsp3) is 0.417. The van der Waals surface area contributed by atoms with Crippen molar-refractivity contribution in [2.75, 3.05) is 44.5 Å². The maximum atomic E-state index is 13.4. The largest absolute Gasteiger partial charge is 0.491 e. The molecule has 0 bridgehead atoms. The number of benzene rings is 2. The molecule has 8 nitrogen and oxygen atoms in total. The predicted molar refractivity (Wildman–Crippen MR) is 125 cm³/mol. The van der Waals surface area contributed by atoms with Crippen molar-refractivity contribution in [3.8, 4) is 5.75 Å². The van der Waals surface area contributed by atoms with Gasteiger partial charge in [-0.2, -0.15) is 0 Å². The SMILES string of the molecule is CO[C@H]1CN(C)C(=O)c2ccc(NC(=O)Nc3cccc(F)c3)cc2OC[C@@H](C)NC[C@@H]1C. The van der Waals surface area contributed by atoms with E-state index in [0.717, 1.165) is 6.54 Å². The van der Waals surface area contributed by atoms with Crippen molar-refractivity contribution in [3.63, 3.8) is 0 Å². The average molecular weight is 459 g/mol. The van der Waals surface area contributed by atoms with Gasteiger partial charge in [0.15, 0.2) is 0 Å². The number of nitrogens with zero attached hydrogens (tertiary/aromatic N) is 1. The van der Waals surface area contributed by atoms with Crippen LogP contribution in [0.25, 0.3) is 0 Å². The van der Waals surface area contributed by atoms with Crippen molar-refractivity contribution in [2.45, 2.75) is 26.0 Å². The van der Waals surface area contributed by atoms with E-state index in [1.54, 1.807) is 43.3 Å². The zero-order valence-corrected chi connectivity index (χ0v) is 19.4. The third kappa shape index (κ3) is 6.66. The predicted octanol–water partition coefficient (Wildman–Crippen LogP) is 3.56. The van der Waals surface area contributed by atoms with Crippen LogP contribution in [-0.2, 0) is 4.74 Å². The summed E-state index contributed by atoms with van der Waals surface area (Å²) in [6, 6.07) is 9.98. The van der Waals surface area contributed by atoms with Gasteiger partial charge < -0.3 is 30.3 Å². The maximum absolute atomic E-state index is 13.4. The van der Waals surface area contributed by atoms with E-state index in [2.05, 4.69) is 22.9 Å². The monoisotopic (exact) mass is 458 g/mol. The van der Waals surface area contributed by atoms with E-state index in [4.69, 9.17) is 9.47 Å². The smallest absolute Gasteiger partial charge is 0.323 e. The molecule has 1 aliphatic rings. The molecular formula is C24H31FN4O4. The number of methoxy groups -OCH3 is 1. The molecule has 0 aliphatic carbocycles. The summed E-state index contributed by atoms with van der Waals surface area (Å²) in [5.41, 5.74) is 1.16. The average Bonchev–Trinajstić information content (AvgIpc) is 2.78. The molecule has 0 fully saturated rings. The van der Waals surface area contributed by atoms with Crippen LogP contribution in [0, 0.1) is 11.7 Å². The first-order valence-electron chi connectivity index (χ1n) is 10.9. The van der Waals surface area contributed by atoms with Crippen LogP contribution in [0.2, 0.25) is 0 Å². The van der Waals surface area contributed by atoms with E-state index in [1.807, 2.05) is 6.92 Å². The Kier molecular flexibility index (Phi) is 8.24. The van der Waals surface area contributed by atoms with Crippen molar-refractivity contribution in [3.05, 3.63) is 53.8 Å². The number of amides is 3. The highest BCUT2D eigenvalue weighted by Crippen LogP contribution is 2.26. The molecule has 2 aromatic carbocycles. The molecule has 0 aromatic heterocycles. The first-order chi connectivity index (χ1) is 15.8. The maximum Gasteiger partial charge on any atom is 0.323 e. The van der Waals surface area contributed by atoms with E-state index in [1.165, 1.54) is 18.2 Å². The number of urea groups is 1. The lowest BCUT2D eigenvalue weighted by Gasteiger charge is -2.30. The van der Waals surface area contributed by atoms with Crippen LogP contribution in [0.1, 0.15) is 24.2 Å². The molecule has 3 rings (SSSR count). The molecule has 1 aliphatic heterocycles. The van der Waals surface area contributed by atoms with Crippen LogP contribution in [0.5, 0.6) is 5.75 Å². The summed E-state index contributed by atoms with van der Waals surface area (Å²) >= 11 is 0. The van der Waals surface area contributed by atoms with Gasteiger partial charge in [0.2, 0.25) is 0 Å². The van der Waals surface area contributed by atoms with Crippen LogP contribution in [0.15, 0.2) is 42.5 Å². The summed E-state index contributed by atoms with van der Waals surface area (Å²) in [4.78, 5) is 27.1. The number of carbonyl (C=O) groups is 2. The summed E-state index contributed by atoms with van der Waals surface area (Å²) < 4.78 is 25.0. The van der Waals surface area contributed by atoms with E-state index < -0.39 is 11.8 Å². The number of hydrogen-bond donors (Lipinski definition) is 3. The number of hydrogen-bond acceptors (Lipinski definition) is 5.